The molecular formula is C21H26Cl2N6O. The predicted molar refractivity (Wildman–Crippen MR) is 121 cm³/mol. The SMILES string of the molecule is O=c1[nH]c(NCc2ccc(Cl)c(Cl)c2)nc2ncn(CCCCCN3CCCC3)c12. The first-order chi connectivity index (χ1) is 14.6. The van der Waals surface area contributed by atoms with Crippen molar-refractivity contribution in [3.63, 3.8) is 0 Å². The largest absolute Gasteiger partial charge is 0.352 e. The van der Waals surface area contributed by atoms with Gasteiger partial charge in [0.25, 0.3) is 5.56 Å². The minimum absolute atomic E-state index is 0.189. The lowest BCUT2D eigenvalue weighted by Gasteiger charge is -2.13. The lowest BCUT2D eigenvalue weighted by Crippen LogP contribution is -2.20. The Balaban J connectivity index is 1.34. The van der Waals surface area contributed by atoms with Gasteiger partial charge in [-0.25, -0.2) is 4.98 Å². The number of aromatic amines is 1. The number of H-pyrrole nitrogens is 1. The Morgan fingerprint density at radius 3 is 2.67 bits per heavy atom. The van der Waals surface area contributed by atoms with Crippen molar-refractivity contribution >= 4 is 40.3 Å². The molecule has 0 aliphatic carbocycles. The quantitative estimate of drug-likeness (QED) is 0.476. The maximum Gasteiger partial charge on any atom is 0.278 e. The summed E-state index contributed by atoms with van der Waals surface area (Å²) >= 11 is 12.0. The van der Waals surface area contributed by atoms with Crippen LogP contribution in [-0.2, 0) is 13.1 Å². The summed E-state index contributed by atoms with van der Waals surface area (Å²) in [5.41, 5.74) is 1.72. The monoisotopic (exact) mass is 448 g/mol. The third-order valence-corrected chi connectivity index (χ3v) is 6.24. The highest BCUT2D eigenvalue weighted by Gasteiger charge is 2.12. The summed E-state index contributed by atoms with van der Waals surface area (Å²) in [5.74, 6) is 0.384. The van der Waals surface area contributed by atoms with E-state index < -0.39 is 0 Å². The zero-order valence-electron chi connectivity index (χ0n) is 16.8. The zero-order valence-corrected chi connectivity index (χ0v) is 18.3. The van der Waals surface area contributed by atoms with E-state index in [1.165, 1.54) is 38.9 Å². The molecule has 0 spiro atoms. The highest BCUT2D eigenvalue weighted by Crippen LogP contribution is 2.23. The fraction of sp³-hybridized carbons (Fsp3) is 0.476. The van der Waals surface area contributed by atoms with Crippen LogP contribution in [0.4, 0.5) is 5.95 Å². The number of rotatable bonds is 9. The van der Waals surface area contributed by atoms with Crippen LogP contribution in [0.3, 0.4) is 0 Å². The maximum absolute atomic E-state index is 12.6. The number of halogens is 2. The van der Waals surface area contributed by atoms with Crippen LogP contribution in [0, 0.1) is 0 Å². The Morgan fingerprint density at radius 1 is 1.07 bits per heavy atom. The molecule has 7 nitrogen and oxygen atoms in total. The fourth-order valence-corrected chi connectivity index (χ4v) is 4.20. The Kier molecular flexibility index (Phi) is 6.92. The lowest BCUT2D eigenvalue weighted by molar-refractivity contribution is 0.327. The number of nitrogens with zero attached hydrogens (tertiary/aromatic N) is 4. The molecule has 0 atom stereocenters. The minimum atomic E-state index is -0.189. The highest BCUT2D eigenvalue weighted by atomic mass is 35.5. The van der Waals surface area contributed by atoms with Crippen LogP contribution in [-0.4, -0.2) is 44.1 Å². The van der Waals surface area contributed by atoms with Gasteiger partial charge in [0.1, 0.15) is 0 Å². The van der Waals surface area contributed by atoms with Crippen molar-refractivity contribution < 1.29 is 0 Å². The van der Waals surface area contributed by atoms with E-state index in [-0.39, 0.29) is 5.56 Å². The van der Waals surface area contributed by atoms with E-state index in [0.29, 0.717) is 33.7 Å². The molecule has 1 aromatic carbocycles. The average Bonchev–Trinajstić information content (AvgIpc) is 3.39. The molecule has 30 heavy (non-hydrogen) atoms. The lowest BCUT2D eigenvalue weighted by atomic mass is 10.2. The van der Waals surface area contributed by atoms with Gasteiger partial charge in [-0.15, -0.1) is 0 Å². The van der Waals surface area contributed by atoms with E-state index in [2.05, 4.69) is 25.2 Å². The Bertz CT molecular complexity index is 1060. The first kappa shape index (κ1) is 21.2. The summed E-state index contributed by atoms with van der Waals surface area (Å²) in [6.07, 6.45) is 7.74. The number of aromatic nitrogens is 4. The Hall–Kier alpha value is -2.09. The van der Waals surface area contributed by atoms with Gasteiger partial charge in [-0.3, -0.25) is 9.78 Å². The van der Waals surface area contributed by atoms with Crippen molar-refractivity contribution in [1.82, 2.24) is 24.4 Å². The molecule has 160 valence electrons. The molecule has 0 amide bonds. The molecule has 0 radical (unpaired) electrons. The number of imidazole rings is 1. The van der Waals surface area contributed by atoms with Crippen LogP contribution < -0.4 is 10.9 Å². The molecule has 1 aliphatic heterocycles. The molecular weight excluding hydrogens is 423 g/mol. The van der Waals surface area contributed by atoms with Crippen molar-refractivity contribution in [2.75, 3.05) is 25.0 Å². The van der Waals surface area contributed by atoms with E-state index in [9.17, 15) is 4.79 Å². The van der Waals surface area contributed by atoms with Crippen LogP contribution in [0.15, 0.2) is 29.3 Å². The van der Waals surface area contributed by atoms with E-state index in [1.807, 2.05) is 10.6 Å². The van der Waals surface area contributed by atoms with Crippen LogP contribution >= 0.6 is 23.2 Å². The van der Waals surface area contributed by atoms with Gasteiger partial charge < -0.3 is 14.8 Å². The summed E-state index contributed by atoms with van der Waals surface area (Å²) in [5, 5.41) is 4.12. The standard InChI is InChI=1S/C21H26Cl2N6O/c22-16-7-6-15(12-17(16)23)13-24-21-26-19-18(20(30)27-21)29(14-25-19)11-3-1-2-8-28-9-4-5-10-28/h6-7,12,14H,1-5,8-11,13H2,(H2,24,26,27,30). The minimum Gasteiger partial charge on any atom is -0.352 e. The van der Waals surface area contributed by atoms with Gasteiger partial charge in [-0.2, -0.15) is 4.98 Å². The molecule has 0 bridgehead atoms. The molecule has 4 rings (SSSR count). The van der Waals surface area contributed by atoms with Gasteiger partial charge in [0.15, 0.2) is 11.2 Å². The second-order valence-electron chi connectivity index (χ2n) is 7.74. The summed E-state index contributed by atoms with van der Waals surface area (Å²) in [7, 11) is 0. The number of anilines is 1. The second-order valence-corrected chi connectivity index (χ2v) is 8.55. The molecule has 2 aromatic heterocycles. The van der Waals surface area contributed by atoms with Gasteiger partial charge in [-0.1, -0.05) is 35.7 Å². The summed E-state index contributed by atoms with van der Waals surface area (Å²) in [6, 6.07) is 5.40. The molecule has 3 aromatic rings. The predicted octanol–water partition coefficient (Wildman–Crippen LogP) is 4.30. The average molecular weight is 449 g/mol. The van der Waals surface area contributed by atoms with Crippen molar-refractivity contribution in [3.05, 3.63) is 50.5 Å². The topological polar surface area (TPSA) is 78.8 Å². The molecule has 1 aliphatic rings. The van der Waals surface area contributed by atoms with E-state index >= 15 is 0 Å². The van der Waals surface area contributed by atoms with E-state index in [1.54, 1.807) is 18.5 Å². The van der Waals surface area contributed by atoms with Gasteiger partial charge >= 0.3 is 0 Å². The number of fused-ring (bicyclic) bond motifs is 1. The van der Waals surface area contributed by atoms with Gasteiger partial charge in [0, 0.05) is 13.1 Å². The molecule has 1 saturated heterocycles. The fourth-order valence-electron chi connectivity index (χ4n) is 3.88. The molecule has 2 N–H and O–H groups in total. The van der Waals surface area contributed by atoms with Gasteiger partial charge in [-0.05, 0) is 63.0 Å². The molecule has 9 heteroatoms. The van der Waals surface area contributed by atoms with E-state index in [4.69, 9.17) is 23.2 Å². The number of nitrogens with one attached hydrogen (secondary N) is 2. The van der Waals surface area contributed by atoms with Crippen LogP contribution in [0.5, 0.6) is 0 Å². The number of likely N-dealkylation sites (tertiary alicyclic amines) is 1. The summed E-state index contributed by atoms with van der Waals surface area (Å²) in [4.78, 5) is 26.7. The maximum atomic E-state index is 12.6. The Morgan fingerprint density at radius 2 is 1.87 bits per heavy atom. The van der Waals surface area contributed by atoms with Crippen LogP contribution in [0.1, 0.15) is 37.7 Å². The Labute approximate surface area is 185 Å². The number of aryl methyl sites for hydroxylation is 1. The van der Waals surface area contributed by atoms with E-state index in [0.717, 1.165) is 24.9 Å². The highest BCUT2D eigenvalue weighted by molar-refractivity contribution is 6.42. The van der Waals surface area contributed by atoms with Crippen LogP contribution in [0.25, 0.3) is 11.2 Å². The molecule has 1 fully saturated rings. The van der Waals surface area contributed by atoms with Crippen molar-refractivity contribution in [2.45, 2.75) is 45.2 Å². The van der Waals surface area contributed by atoms with Crippen LogP contribution in [0.2, 0.25) is 10.0 Å². The smallest absolute Gasteiger partial charge is 0.278 e. The number of hydrogen-bond donors (Lipinski definition) is 2. The number of benzene rings is 1. The second kappa shape index (κ2) is 9.81. The van der Waals surface area contributed by atoms with Crippen molar-refractivity contribution in [1.29, 1.82) is 0 Å². The van der Waals surface area contributed by atoms with Gasteiger partial charge in [0.05, 0.1) is 16.4 Å². The molecule has 0 unspecified atom stereocenters. The van der Waals surface area contributed by atoms with Crippen molar-refractivity contribution in [2.24, 2.45) is 0 Å². The van der Waals surface area contributed by atoms with Crippen molar-refractivity contribution in [3.8, 4) is 0 Å². The normalized spacial score (nSPS) is 14.6. The number of unbranched alkanes of at least 4 members (excludes halogenated alkanes) is 2. The summed E-state index contributed by atoms with van der Waals surface area (Å²) in [6.45, 7) is 4.91. The van der Waals surface area contributed by atoms with Gasteiger partial charge in [0.2, 0.25) is 5.95 Å². The first-order valence-corrected chi connectivity index (χ1v) is 11.2. The molecule has 3 heterocycles. The third-order valence-electron chi connectivity index (χ3n) is 5.50. The molecule has 0 saturated carbocycles. The summed E-state index contributed by atoms with van der Waals surface area (Å²) < 4.78 is 1.90. The zero-order chi connectivity index (χ0) is 20.9. The third kappa shape index (κ3) is 5.14. The first-order valence-electron chi connectivity index (χ1n) is 10.5. The number of hydrogen-bond acceptors (Lipinski definition) is 5.